The van der Waals surface area contributed by atoms with E-state index in [1.807, 2.05) is 0 Å². The van der Waals surface area contributed by atoms with Crippen LogP contribution in [-0.2, 0) is 6.42 Å². The maximum absolute atomic E-state index is 6.28. The molecular formula is C14H18ClN3S. The van der Waals surface area contributed by atoms with Gasteiger partial charge in [0.25, 0.3) is 0 Å². The Balaban J connectivity index is 1.91. The lowest BCUT2D eigenvalue weighted by Crippen LogP contribution is -2.54. The summed E-state index contributed by atoms with van der Waals surface area (Å²) in [6.07, 6.45) is 3.68. The highest BCUT2D eigenvalue weighted by molar-refractivity contribution is 7.18. The summed E-state index contributed by atoms with van der Waals surface area (Å²) in [6, 6.07) is 2.59. The second kappa shape index (κ2) is 4.60. The van der Waals surface area contributed by atoms with Gasteiger partial charge < -0.3 is 5.32 Å². The highest BCUT2D eigenvalue weighted by atomic mass is 35.5. The number of fused-ring (bicyclic) bond motifs is 1. The molecule has 1 aliphatic rings. The van der Waals surface area contributed by atoms with Crippen LogP contribution in [0.15, 0.2) is 12.4 Å². The Morgan fingerprint density at radius 3 is 2.89 bits per heavy atom. The number of hydrogen-bond donors (Lipinski definition) is 1. The van der Waals surface area contributed by atoms with Crippen molar-refractivity contribution >= 4 is 39.0 Å². The smallest absolute Gasteiger partial charge is 0.138 e. The highest BCUT2D eigenvalue weighted by Gasteiger charge is 2.47. The third-order valence-electron chi connectivity index (χ3n) is 4.19. The van der Waals surface area contributed by atoms with Crippen LogP contribution < -0.4 is 5.32 Å². The van der Waals surface area contributed by atoms with Gasteiger partial charge in [-0.25, -0.2) is 9.97 Å². The van der Waals surface area contributed by atoms with Gasteiger partial charge in [-0.3, -0.25) is 0 Å². The second-order valence-electron chi connectivity index (χ2n) is 5.73. The van der Waals surface area contributed by atoms with Gasteiger partial charge in [0.2, 0.25) is 0 Å². The number of aryl methyl sites for hydroxylation is 1. The summed E-state index contributed by atoms with van der Waals surface area (Å²) in [4.78, 5) is 11.2. The van der Waals surface area contributed by atoms with Gasteiger partial charge in [-0.15, -0.1) is 22.9 Å². The number of aromatic nitrogens is 2. The van der Waals surface area contributed by atoms with E-state index in [2.05, 4.69) is 42.1 Å². The Morgan fingerprint density at radius 1 is 1.47 bits per heavy atom. The summed E-state index contributed by atoms with van der Waals surface area (Å²) in [7, 11) is 0. The van der Waals surface area contributed by atoms with Crippen LogP contribution in [0.4, 0.5) is 5.82 Å². The van der Waals surface area contributed by atoms with Crippen LogP contribution in [0.3, 0.4) is 0 Å². The van der Waals surface area contributed by atoms with Crippen molar-refractivity contribution in [2.75, 3.05) is 5.32 Å². The summed E-state index contributed by atoms with van der Waals surface area (Å²) < 4.78 is 0. The number of rotatable bonds is 3. The molecular weight excluding hydrogens is 278 g/mol. The van der Waals surface area contributed by atoms with Crippen molar-refractivity contribution in [3.8, 4) is 0 Å². The van der Waals surface area contributed by atoms with E-state index in [-0.39, 0.29) is 10.8 Å². The van der Waals surface area contributed by atoms with E-state index < -0.39 is 0 Å². The fourth-order valence-corrected chi connectivity index (χ4v) is 3.74. The van der Waals surface area contributed by atoms with Gasteiger partial charge in [-0.2, -0.15) is 0 Å². The van der Waals surface area contributed by atoms with Crippen LogP contribution in [0.5, 0.6) is 0 Å². The lowest BCUT2D eigenvalue weighted by molar-refractivity contribution is 0.168. The van der Waals surface area contributed by atoms with Crippen molar-refractivity contribution in [2.24, 2.45) is 5.41 Å². The summed E-state index contributed by atoms with van der Waals surface area (Å²) in [5, 5.41) is 4.93. The van der Waals surface area contributed by atoms with E-state index >= 15 is 0 Å². The first-order valence-electron chi connectivity index (χ1n) is 6.66. The monoisotopic (exact) mass is 295 g/mol. The molecule has 0 aliphatic heterocycles. The largest absolute Gasteiger partial charge is 0.366 e. The fourth-order valence-electron chi connectivity index (χ4n) is 2.48. The molecule has 2 aromatic rings. The van der Waals surface area contributed by atoms with E-state index in [0.717, 1.165) is 28.9 Å². The highest BCUT2D eigenvalue weighted by Crippen LogP contribution is 2.46. The molecule has 2 aromatic heterocycles. The first kappa shape index (κ1) is 13.1. The lowest BCUT2D eigenvalue weighted by atomic mass is 9.67. The maximum Gasteiger partial charge on any atom is 0.138 e. The second-order valence-corrected chi connectivity index (χ2v) is 7.37. The topological polar surface area (TPSA) is 37.8 Å². The van der Waals surface area contributed by atoms with Gasteiger partial charge >= 0.3 is 0 Å². The molecule has 0 bridgehead atoms. The van der Waals surface area contributed by atoms with Crippen molar-refractivity contribution in [2.45, 2.75) is 45.0 Å². The van der Waals surface area contributed by atoms with E-state index in [1.54, 1.807) is 17.7 Å². The molecule has 19 heavy (non-hydrogen) atoms. The third kappa shape index (κ3) is 2.11. The number of nitrogens with one attached hydrogen (secondary N) is 1. The van der Waals surface area contributed by atoms with Gasteiger partial charge in [0, 0.05) is 21.7 Å². The minimum atomic E-state index is 0.114. The molecule has 102 valence electrons. The summed E-state index contributed by atoms with van der Waals surface area (Å²) >= 11 is 8.02. The van der Waals surface area contributed by atoms with Gasteiger partial charge in [-0.1, -0.05) is 20.8 Å². The van der Waals surface area contributed by atoms with E-state index in [9.17, 15) is 0 Å². The maximum atomic E-state index is 6.28. The van der Waals surface area contributed by atoms with Crippen LogP contribution in [-0.4, -0.2) is 21.4 Å². The van der Waals surface area contributed by atoms with Crippen molar-refractivity contribution < 1.29 is 0 Å². The Morgan fingerprint density at radius 2 is 2.26 bits per heavy atom. The van der Waals surface area contributed by atoms with E-state index in [0.29, 0.717) is 6.04 Å². The normalized spacial score (nSPS) is 25.3. The summed E-state index contributed by atoms with van der Waals surface area (Å²) in [6.45, 7) is 6.57. The van der Waals surface area contributed by atoms with Gasteiger partial charge in [0.05, 0.1) is 5.39 Å². The summed E-state index contributed by atoms with van der Waals surface area (Å²) in [5.74, 6) is 0.947. The number of alkyl halides is 1. The number of halogens is 1. The Labute approximate surface area is 122 Å². The van der Waals surface area contributed by atoms with Crippen LogP contribution in [0, 0.1) is 5.41 Å². The number of thiophene rings is 1. The molecule has 0 spiro atoms. The number of anilines is 1. The number of hydrogen-bond acceptors (Lipinski definition) is 4. The molecule has 2 heterocycles. The Kier molecular flexibility index (Phi) is 3.18. The van der Waals surface area contributed by atoms with Crippen molar-refractivity contribution in [3.05, 3.63) is 17.3 Å². The average molecular weight is 296 g/mol. The molecule has 0 radical (unpaired) electrons. The van der Waals surface area contributed by atoms with Crippen molar-refractivity contribution in [3.63, 3.8) is 0 Å². The third-order valence-corrected chi connectivity index (χ3v) is 6.12. The zero-order valence-electron chi connectivity index (χ0n) is 11.4. The first-order valence-corrected chi connectivity index (χ1v) is 7.91. The summed E-state index contributed by atoms with van der Waals surface area (Å²) in [5.41, 5.74) is 0.114. The molecule has 1 saturated carbocycles. The fraction of sp³-hybridized carbons (Fsp3) is 0.571. The van der Waals surface area contributed by atoms with Gasteiger partial charge in [0.15, 0.2) is 0 Å². The molecule has 0 saturated heterocycles. The molecule has 0 aromatic carbocycles. The standard InChI is InChI=1S/C14H18ClN3S/c1-4-8-5-9-12(16-7-17-13(9)19-8)18-11-6-10(15)14(11,2)3/h5,7,10-11H,4,6H2,1-3H3,(H,16,17,18). The Bertz CT molecular complexity index is 608. The molecule has 2 atom stereocenters. The lowest BCUT2D eigenvalue weighted by Gasteiger charge is -2.49. The van der Waals surface area contributed by atoms with Gasteiger partial charge in [0.1, 0.15) is 17.0 Å². The van der Waals surface area contributed by atoms with Gasteiger partial charge in [-0.05, 0) is 18.9 Å². The predicted molar refractivity (Wildman–Crippen MR) is 82.2 cm³/mol. The van der Waals surface area contributed by atoms with Crippen LogP contribution >= 0.6 is 22.9 Å². The van der Waals surface area contributed by atoms with Crippen molar-refractivity contribution in [1.29, 1.82) is 0 Å². The molecule has 1 aliphatic carbocycles. The molecule has 2 unspecified atom stereocenters. The average Bonchev–Trinajstić information content (AvgIpc) is 2.82. The molecule has 3 nitrogen and oxygen atoms in total. The molecule has 5 heteroatoms. The first-order chi connectivity index (χ1) is 9.02. The molecule has 0 amide bonds. The minimum absolute atomic E-state index is 0.114. The van der Waals surface area contributed by atoms with E-state index in [4.69, 9.17) is 11.6 Å². The SMILES string of the molecule is CCc1cc2c(NC3CC(Cl)C3(C)C)ncnc2s1. The molecule has 1 N–H and O–H groups in total. The molecule has 3 rings (SSSR count). The zero-order chi connectivity index (χ0) is 13.6. The van der Waals surface area contributed by atoms with Crippen LogP contribution in [0.2, 0.25) is 0 Å². The minimum Gasteiger partial charge on any atom is -0.366 e. The quantitative estimate of drug-likeness (QED) is 0.867. The van der Waals surface area contributed by atoms with Crippen molar-refractivity contribution in [1.82, 2.24) is 9.97 Å². The molecule has 1 fully saturated rings. The number of nitrogens with zero attached hydrogens (tertiary/aromatic N) is 2. The van der Waals surface area contributed by atoms with Crippen LogP contribution in [0.1, 0.15) is 32.1 Å². The zero-order valence-corrected chi connectivity index (χ0v) is 13.0. The predicted octanol–water partition coefficient (Wildman–Crippen LogP) is 4.07. The van der Waals surface area contributed by atoms with Crippen LogP contribution in [0.25, 0.3) is 10.2 Å². The Hall–Kier alpha value is -0.870. The van der Waals surface area contributed by atoms with E-state index in [1.165, 1.54) is 4.88 Å².